The van der Waals surface area contributed by atoms with Crippen molar-refractivity contribution < 1.29 is 18.4 Å². The molecule has 1 fully saturated rings. The van der Waals surface area contributed by atoms with Gasteiger partial charge in [-0.25, -0.2) is 9.37 Å². The number of oxazole rings is 1. The molecule has 0 atom stereocenters. The molecule has 2 amide bonds. The van der Waals surface area contributed by atoms with E-state index < -0.39 is 5.82 Å². The highest BCUT2D eigenvalue weighted by Gasteiger charge is 2.19. The number of aromatic nitrogens is 1. The number of hydrogen-bond donors (Lipinski definition) is 1. The molecule has 0 spiro atoms. The molecular formula is C19H22FN3O3. The third-order valence-corrected chi connectivity index (χ3v) is 4.47. The highest BCUT2D eigenvalue weighted by Crippen LogP contribution is 2.24. The van der Waals surface area contributed by atoms with Crippen molar-refractivity contribution in [2.24, 2.45) is 0 Å². The van der Waals surface area contributed by atoms with Crippen LogP contribution in [0.3, 0.4) is 0 Å². The zero-order valence-corrected chi connectivity index (χ0v) is 14.8. The van der Waals surface area contributed by atoms with Crippen LogP contribution in [0.5, 0.6) is 0 Å². The number of halogens is 1. The van der Waals surface area contributed by atoms with Crippen LogP contribution in [-0.2, 0) is 16.0 Å². The molecule has 1 aliphatic rings. The Balaban J connectivity index is 1.58. The second kappa shape index (κ2) is 8.12. The molecule has 0 unspecified atom stereocenters. The smallest absolute Gasteiger partial charge is 0.241 e. The zero-order chi connectivity index (χ0) is 18.5. The molecule has 6 nitrogen and oxygen atoms in total. The molecule has 0 aliphatic carbocycles. The van der Waals surface area contributed by atoms with E-state index in [1.807, 2.05) is 0 Å². The van der Waals surface area contributed by atoms with Crippen molar-refractivity contribution in [1.29, 1.82) is 0 Å². The number of piperidine rings is 1. The summed E-state index contributed by atoms with van der Waals surface area (Å²) in [6, 6.07) is 6.17. The largest absolute Gasteiger partial charge is 0.441 e. The SMILES string of the molecule is Cc1oc(-c2ccccc2F)nc1CC(=O)NCC(=O)N1CCCCC1. The predicted octanol–water partition coefficient (Wildman–Crippen LogP) is 2.46. The molecule has 1 aromatic carbocycles. The summed E-state index contributed by atoms with van der Waals surface area (Å²) >= 11 is 0. The summed E-state index contributed by atoms with van der Waals surface area (Å²) in [4.78, 5) is 30.2. The fourth-order valence-electron chi connectivity index (χ4n) is 2.99. The summed E-state index contributed by atoms with van der Waals surface area (Å²) in [5, 5.41) is 2.63. The first kappa shape index (κ1) is 18.1. The number of carbonyl (C=O) groups excluding carboxylic acids is 2. The highest BCUT2D eigenvalue weighted by atomic mass is 19.1. The van der Waals surface area contributed by atoms with Crippen LogP contribution in [-0.4, -0.2) is 41.3 Å². The Hall–Kier alpha value is -2.70. The fourth-order valence-corrected chi connectivity index (χ4v) is 2.99. The van der Waals surface area contributed by atoms with Crippen LogP contribution in [0.4, 0.5) is 4.39 Å². The first-order valence-electron chi connectivity index (χ1n) is 8.80. The fraction of sp³-hybridized carbons (Fsp3) is 0.421. The van der Waals surface area contributed by atoms with Crippen molar-refractivity contribution in [3.63, 3.8) is 0 Å². The Morgan fingerprint density at radius 1 is 1.23 bits per heavy atom. The minimum atomic E-state index is -0.433. The summed E-state index contributed by atoms with van der Waals surface area (Å²) in [6.07, 6.45) is 3.15. The lowest BCUT2D eigenvalue weighted by Gasteiger charge is -2.26. The van der Waals surface area contributed by atoms with E-state index in [1.165, 1.54) is 6.07 Å². The molecule has 1 aliphatic heterocycles. The maximum absolute atomic E-state index is 13.8. The monoisotopic (exact) mass is 359 g/mol. The van der Waals surface area contributed by atoms with Gasteiger partial charge in [-0.1, -0.05) is 12.1 Å². The molecule has 7 heteroatoms. The highest BCUT2D eigenvalue weighted by molar-refractivity contribution is 5.85. The molecule has 0 radical (unpaired) electrons. The Bertz CT molecular complexity index is 797. The van der Waals surface area contributed by atoms with Crippen LogP contribution in [0, 0.1) is 12.7 Å². The van der Waals surface area contributed by atoms with Gasteiger partial charge in [-0.2, -0.15) is 0 Å². The second-order valence-corrected chi connectivity index (χ2v) is 6.40. The van der Waals surface area contributed by atoms with Gasteiger partial charge in [-0.05, 0) is 38.3 Å². The summed E-state index contributed by atoms with van der Waals surface area (Å²) in [5.41, 5.74) is 0.689. The molecular weight excluding hydrogens is 337 g/mol. The molecule has 0 saturated carbocycles. The number of nitrogens with one attached hydrogen (secondary N) is 1. The van der Waals surface area contributed by atoms with Crippen molar-refractivity contribution in [2.45, 2.75) is 32.6 Å². The van der Waals surface area contributed by atoms with Crippen LogP contribution in [0.2, 0.25) is 0 Å². The third kappa shape index (κ3) is 4.28. The van der Waals surface area contributed by atoms with Gasteiger partial charge < -0.3 is 14.6 Å². The van der Waals surface area contributed by atoms with E-state index in [0.29, 0.717) is 11.5 Å². The van der Waals surface area contributed by atoms with E-state index in [4.69, 9.17) is 4.42 Å². The standard InChI is InChI=1S/C19H22FN3O3/c1-13-16(22-19(26-13)14-7-3-4-8-15(14)20)11-17(24)21-12-18(25)23-9-5-2-6-10-23/h3-4,7-8H,2,5-6,9-12H2,1H3,(H,21,24). The number of amides is 2. The lowest BCUT2D eigenvalue weighted by atomic mass is 10.1. The van der Waals surface area contributed by atoms with Crippen LogP contribution in [0.1, 0.15) is 30.7 Å². The van der Waals surface area contributed by atoms with Crippen molar-refractivity contribution >= 4 is 11.8 Å². The Kier molecular flexibility index (Phi) is 5.65. The molecule has 1 N–H and O–H groups in total. The molecule has 2 aromatic rings. The molecule has 3 rings (SSSR count). The molecule has 1 saturated heterocycles. The van der Waals surface area contributed by atoms with Gasteiger partial charge in [0.25, 0.3) is 0 Å². The van der Waals surface area contributed by atoms with E-state index in [2.05, 4.69) is 10.3 Å². The van der Waals surface area contributed by atoms with Gasteiger partial charge in [0.1, 0.15) is 11.6 Å². The number of benzene rings is 1. The van der Waals surface area contributed by atoms with E-state index >= 15 is 0 Å². The summed E-state index contributed by atoms with van der Waals surface area (Å²) in [7, 11) is 0. The number of nitrogens with zero attached hydrogens (tertiary/aromatic N) is 2. The van der Waals surface area contributed by atoms with Gasteiger partial charge >= 0.3 is 0 Å². The predicted molar refractivity (Wildman–Crippen MR) is 93.8 cm³/mol. The molecule has 138 valence electrons. The maximum Gasteiger partial charge on any atom is 0.241 e. The number of rotatable bonds is 5. The van der Waals surface area contributed by atoms with Gasteiger partial charge in [0.2, 0.25) is 17.7 Å². The maximum atomic E-state index is 13.8. The molecule has 1 aromatic heterocycles. The van der Waals surface area contributed by atoms with Crippen molar-refractivity contribution in [2.75, 3.05) is 19.6 Å². The number of aryl methyl sites for hydroxylation is 1. The van der Waals surface area contributed by atoms with E-state index in [0.717, 1.165) is 32.4 Å². The zero-order valence-electron chi connectivity index (χ0n) is 14.8. The van der Waals surface area contributed by atoms with Crippen LogP contribution < -0.4 is 5.32 Å². The van der Waals surface area contributed by atoms with Crippen LogP contribution in [0.15, 0.2) is 28.7 Å². The van der Waals surface area contributed by atoms with Crippen molar-refractivity contribution in [3.05, 3.63) is 41.5 Å². The van der Waals surface area contributed by atoms with Crippen LogP contribution >= 0.6 is 0 Å². The van der Waals surface area contributed by atoms with Gasteiger partial charge in [-0.15, -0.1) is 0 Å². The van der Waals surface area contributed by atoms with Gasteiger partial charge in [0.15, 0.2) is 0 Å². The van der Waals surface area contributed by atoms with E-state index in [9.17, 15) is 14.0 Å². The molecule has 2 heterocycles. The van der Waals surface area contributed by atoms with E-state index in [-0.39, 0.29) is 36.2 Å². The third-order valence-electron chi connectivity index (χ3n) is 4.47. The van der Waals surface area contributed by atoms with Gasteiger partial charge in [0.05, 0.1) is 24.2 Å². The Labute approximate surface area is 151 Å². The van der Waals surface area contributed by atoms with Crippen LogP contribution in [0.25, 0.3) is 11.5 Å². The van der Waals surface area contributed by atoms with Gasteiger partial charge in [-0.3, -0.25) is 9.59 Å². The van der Waals surface area contributed by atoms with Crippen molar-refractivity contribution in [3.8, 4) is 11.5 Å². The lowest BCUT2D eigenvalue weighted by molar-refractivity contribution is -0.133. The summed E-state index contributed by atoms with van der Waals surface area (Å²) < 4.78 is 19.3. The number of carbonyl (C=O) groups is 2. The second-order valence-electron chi connectivity index (χ2n) is 6.40. The van der Waals surface area contributed by atoms with Gasteiger partial charge in [0, 0.05) is 13.1 Å². The van der Waals surface area contributed by atoms with Crippen molar-refractivity contribution in [1.82, 2.24) is 15.2 Å². The Morgan fingerprint density at radius 3 is 2.69 bits per heavy atom. The molecule has 0 bridgehead atoms. The molecule has 26 heavy (non-hydrogen) atoms. The lowest BCUT2D eigenvalue weighted by Crippen LogP contribution is -2.42. The first-order chi connectivity index (χ1) is 12.5. The first-order valence-corrected chi connectivity index (χ1v) is 8.80. The van der Waals surface area contributed by atoms with E-state index in [1.54, 1.807) is 30.0 Å². The number of likely N-dealkylation sites (tertiary alicyclic amines) is 1. The average molecular weight is 359 g/mol. The number of hydrogen-bond acceptors (Lipinski definition) is 4. The minimum Gasteiger partial charge on any atom is -0.441 e. The topological polar surface area (TPSA) is 75.4 Å². The Morgan fingerprint density at radius 2 is 1.96 bits per heavy atom. The summed E-state index contributed by atoms with van der Waals surface area (Å²) in [6.45, 7) is 3.17. The average Bonchev–Trinajstić information content (AvgIpc) is 3.01. The minimum absolute atomic E-state index is 0.0168. The quantitative estimate of drug-likeness (QED) is 0.890. The normalized spacial score (nSPS) is 14.3. The summed E-state index contributed by atoms with van der Waals surface area (Å²) in [5.74, 6) is -0.209.